The number of aliphatic hydroxyl groups excluding tert-OH is 1. The fourth-order valence-corrected chi connectivity index (χ4v) is 5.79. The van der Waals surface area contributed by atoms with Gasteiger partial charge in [0, 0.05) is 17.1 Å². The number of likely N-dealkylation sites (tertiary alicyclic amines) is 1. The van der Waals surface area contributed by atoms with Crippen molar-refractivity contribution in [3.8, 4) is 5.75 Å². The Hall–Kier alpha value is -3.24. The largest absolute Gasteiger partial charge is 0.497 e. The Morgan fingerprint density at radius 2 is 1.85 bits per heavy atom. The second-order valence-electron chi connectivity index (χ2n) is 10.7. The van der Waals surface area contributed by atoms with Gasteiger partial charge in [-0.2, -0.15) is 0 Å². The number of hydrogen-bond donors (Lipinski definition) is 2. The molecule has 0 radical (unpaired) electrons. The maximum atomic E-state index is 13.9. The summed E-state index contributed by atoms with van der Waals surface area (Å²) in [6.07, 6.45) is 3.29. The fraction of sp³-hybridized carbons (Fsp3) is 0.467. The smallest absolute Gasteiger partial charge is 0.303 e. The molecule has 1 aliphatic rings. The highest BCUT2D eigenvalue weighted by Gasteiger charge is 2.37. The van der Waals surface area contributed by atoms with Crippen molar-refractivity contribution < 1.29 is 37.3 Å². The Bertz CT molecular complexity index is 1320. The van der Waals surface area contributed by atoms with Crippen molar-refractivity contribution >= 4 is 16.9 Å². The molecule has 216 valence electrons. The van der Waals surface area contributed by atoms with Crippen molar-refractivity contribution in [2.75, 3.05) is 26.7 Å². The number of carboxylic acid groups (broad SMARTS) is 1. The predicted octanol–water partition coefficient (Wildman–Crippen LogP) is 6.13. The lowest BCUT2D eigenvalue weighted by molar-refractivity contribution is -0.141. The fourth-order valence-electron chi connectivity index (χ4n) is 5.79. The van der Waals surface area contributed by atoms with Crippen LogP contribution in [0.15, 0.2) is 36.5 Å². The van der Waals surface area contributed by atoms with Gasteiger partial charge in [-0.3, -0.25) is 9.78 Å². The van der Waals surface area contributed by atoms with Crippen molar-refractivity contribution in [2.45, 2.75) is 57.7 Å². The minimum Gasteiger partial charge on any atom is -0.497 e. The molecule has 0 unspecified atom stereocenters. The minimum atomic E-state index is -1.47. The standard InChI is InChI=1S/C30H34F4N2O4/c1-40-21-4-5-25-22(15-21)28(20(17-31)18-35-25)26(37)6-7-30(16-27(38)39)8-11-36(12-9-30)10-2-3-19-13-23(32)29(34)24(33)14-19/h4-5,13-15,18,26,37H,2-3,6-12,16-17H2,1H3,(H,38,39)/t26-/m0/s1. The molecule has 3 aromatic rings. The lowest BCUT2D eigenvalue weighted by Crippen LogP contribution is -2.41. The molecule has 0 saturated carbocycles. The van der Waals surface area contributed by atoms with E-state index in [-0.39, 0.29) is 18.4 Å². The van der Waals surface area contributed by atoms with E-state index in [0.717, 1.165) is 12.1 Å². The average Bonchev–Trinajstić information content (AvgIpc) is 2.94. The number of aromatic nitrogens is 1. The van der Waals surface area contributed by atoms with E-state index >= 15 is 0 Å². The molecule has 1 fully saturated rings. The number of hydrogen-bond acceptors (Lipinski definition) is 5. The zero-order valence-corrected chi connectivity index (χ0v) is 22.4. The number of nitrogens with zero attached hydrogens (tertiary/aromatic N) is 2. The number of ether oxygens (including phenoxy) is 1. The summed E-state index contributed by atoms with van der Waals surface area (Å²) in [6.45, 7) is 1.14. The maximum Gasteiger partial charge on any atom is 0.303 e. The van der Waals surface area contributed by atoms with E-state index < -0.39 is 41.6 Å². The summed E-state index contributed by atoms with van der Waals surface area (Å²) in [6, 6.07) is 7.23. The number of piperidine rings is 1. The second-order valence-corrected chi connectivity index (χ2v) is 10.7. The molecule has 2 N–H and O–H groups in total. The van der Waals surface area contributed by atoms with Gasteiger partial charge in [0.2, 0.25) is 0 Å². The number of pyridine rings is 1. The van der Waals surface area contributed by atoms with Gasteiger partial charge in [-0.05, 0) is 105 Å². The third kappa shape index (κ3) is 6.90. The minimum absolute atomic E-state index is 0.0391. The SMILES string of the molecule is COc1ccc2ncc(CF)c([C@@H](O)CCC3(CC(=O)O)CCN(CCCc4cc(F)c(F)c(F)c4)CC3)c2c1. The lowest BCUT2D eigenvalue weighted by atomic mass is 9.71. The van der Waals surface area contributed by atoms with Gasteiger partial charge in [0.1, 0.15) is 12.4 Å². The van der Waals surface area contributed by atoms with Crippen LogP contribution in [0.3, 0.4) is 0 Å². The molecule has 0 spiro atoms. The van der Waals surface area contributed by atoms with Crippen LogP contribution < -0.4 is 4.74 Å². The summed E-state index contributed by atoms with van der Waals surface area (Å²) in [5.41, 5.74) is 1.20. The number of halogens is 4. The molecule has 1 atom stereocenters. The quantitative estimate of drug-likeness (QED) is 0.204. The Labute approximate surface area is 230 Å². The van der Waals surface area contributed by atoms with E-state index in [2.05, 4.69) is 9.88 Å². The molecule has 6 nitrogen and oxygen atoms in total. The van der Waals surface area contributed by atoms with E-state index in [4.69, 9.17) is 4.74 Å². The Morgan fingerprint density at radius 1 is 1.15 bits per heavy atom. The van der Waals surface area contributed by atoms with Crippen LogP contribution in [0, 0.1) is 22.9 Å². The molecule has 0 bridgehead atoms. The number of fused-ring (bicyclic) bond motifs is 1. The van der Waals surface area contributed by atoms with Gasteiger partial charge in [-0.25, -0.2) is 17.6 Å². The summed E-state index contributed by atoms with van der Waals surface area (Å²) >= 11 is 0. The van der Waals surface area contributed by atoms with Crippen molar-refractivity contribution in [2.24, 2.45) is 5.41 Å². The Balaban J connectivity index is 1.40. The van der Waals surface area contributed by atoms with Crippen molar-refractivity contribution in [1.29, 1.82) is 0 Å². The summed E-state index contributed by atoms with van der Waals surface area (Å²) in [5.74, 6) is -4.23. The highest BCUT2D eigenvalue weighted by Crippen LogP contribution is 2.42. The van der Waals surface area contributed by atoms with Crippen LogP contribution in [-0.4, -0.2) is 52.8 Å². The molecular weight excluding hydrogens is 528 g/mol. The van der Waals surface area contributed by atoms with E-state index in [1.165, 1.54) is 13.3 Å². The third-order valence-electron chi connectivity index (χ3n) is 8.05. The van der Waals surface area contributed by atoms with Crippen molar-refractivity contribution in [1.82, 2.24) is 9.88 Å². The molecule has 40 heavy (non-hydrogen) atoms. The van der Waals surface area contributed by atoms with Crippen LogP contribution in [0.1, 0.15) is 61.3 Å². The van der Waals surface area contributed by atoms with Crippen LogP contribution in [0.4, 0.5) is 17.6 Å². The summed E-state index contributed by atoms with van der Waals surface area (Å²) in [7, 11) is 1.52. The summed E-state index contributed by atoms with van der Waals surface area (Å²) < 4.78 is 59.4. The zero-order chi connectivity index (χ0) is 28.9. The molecule has 0 aliphatic carbocycles. The zero-order valence-electron chi connectivity index (χ0n) is 22.4. The number of benzene rings is 2. The van der Waals surface area contributed by atoms with Gasteiger partial charge >= 0.3 is 5.97 Å². The van der Waals surface area contributed by atoms with Gasteiger partial charge in [-0.15, -0.1) is 0 Å². The molecule has 2 aromatic carbocycles. The van der Waals surface area contributed by atoms with Crippen molar-refractivity contribution in [3.05, 3.63) is 70.7 Å². The highest BCUT2D eigenvalue weighted by atomic mass is 19.2. The van der Waals surface area contributed by atoms with Gasteiger partial charge in [-0.1, -0.05) is 0 Å². The van der Waals surface area contributed by atoms with Gasteiger partial charge in [0.05, 0.1) is 25.2 Å². The first-order chi connectivity index (χ1) is 19.1. The topological polar surface area (TPSA) is 82.9 Å². The normalized spacial score (nSPS) is 16.2. The second kappa shape index (κ2) is 13.0. The number of aliphatic hydroxyl groups is 1. The van der Waals surface area contributed by atoms with E-state index in [0.29, 0.717) is 79.5 Å². The summed E-state index contributed by atoms with van der Waals surface area (Å²) in [4.78, 5) is 18.3. The number of aliphatic carboxylic acids is 1. The van der Waals surface area contributed by atoms with Crippen LogP contribution in [0.2, 0.25) is 0 Å². The number of aryl methyl sites for hydroxylation is 1. The maximum absolute atomic E-state index is 13.9. The molecule has 4 rings (SSSR count). The molecule has 1 aliphatic heterocycles. The van der Waals surface area contributed by atoms with Gasteiger partial charge < -0.3 is 19.8 Å². The molecule has 0 amide bonds. The first-order valence-electron chi connectivity index (χ1n) is 13.4. The lowest BCUT2D eigenvalue weighted by Gasteiger charge is -2.41. The number of methoxy groups -OCH3 is 1. The number of rotatable bonds is 12. The van der Waals surface area contributed by atoms with Crippen molar-refractivity contribution in [3.63, 3.8) is 0 Å². The van der Waals surface area contributed by atoms with E-state index in [9.17, 15) is 32.6 Å². The molecule has 2 heterocycles. The Kier molecular flexibility index (Phi) is 9.63. The molecular formula is C30H34F4N2O4. The van der Waals surface area contributed by atoms with Crippen LogP contribution in [-0.2, 0) is 17.9 Å². The molecule has 10 heteroatoms. The first-order valence-corrected chi connectivity index (χ1v) is 13.4. The number of carboxylic acids is 1. The van der Waals surface area contributed by atoms with E-state index in [1.807, 2.05) is 0 Å². The van der Waals surface area contributed by atoms with Crippen LogP contribution in [0.25, 0.3) is 10.9 Å². The van der Waals surface area contributed by atoms with Gasteiger partial charge in [0.25, 0.3) is 0 Å². The van der Waals surface area contributed by atoms with Crippen LogP contribution in [0.5, 0.6) is 5.75 Å². The highest BCUT2D eigenvalue weighted by molar-refractivity contribution is 5.85. The number of alkyl halides is 1. The summed E-state index contributed by atoms with van der Waals surface area (Å²) in [5, 5.41) is 21.5. The third-order valence-corrected chi connectivity index (χ3v) is 8.05. The van der Waals surface area contributed by atoms with Gasteiger partial charge in [0.15, 0.2) is 17.5 Å². The average molecular weight is 563 g/mol. The predicted molar refractivity (Wildman–Crippen MR) is 142 cm³/mol. The first kappa shape index (κ1) is 29.7. The molecule has 1 saturated heterocycles. The monoisotopic (exact) mass is 562 g/mol. The van der Waals surface area contributed by atoms with Crippen LogP contribution >= 0.6 is 0 Å². The molecule has 1 aromatic heterocycles. The van der Waals surface area contributed by atoms with E-state index in [1.54, 1.807) is 18.2 Å². The number of carbonyl (C=O) groups is 1. The Morgan fingerprint density at radius 3 is 2.48 bits per heavy atom.